The number of hydrogen-bond acceptors (Lipinski definition) is 1. The fourth-order valence-electron chi connectivity index (χ4n) is 0.578. The molecule has 3 heteroatoms. The van der Waals surface area contributed by atoms with Gasteiger partial charge < -0.3 is 4.37 Å². The van der Waals surface area contributed by atoms with Crippen LogP contribution in [0, 0.1) is 6.92 Å². The van der Waals surface area contributed by atoms with Crippen molar-refractivity contribution in [3.8, 4) is 0 Å². The van der Waals surface area contributed by atoms with Crippen molar-refractivity contribution in [2.75, 3.05) is 0 Å². The lowest BCUT2D eigenvalue weighted by Gasteiger charge is -1.86. The molecule has 1 rings (SSSR count). The van der Waals surface area contributed by atoms with E-state index in [2.05, 4.69) is 4.37 Å². The van der Waals surface area contributed by atoms with Gasteiger partial charge in [0.1, 0.15) is 0 Å². The highest BCUT2D eigenvalue weighted by atomic mass is 35.5. The molecule has 0 amide bonds. The monoisotopic (exact) mass is 173 g/mol. The van der Waals surface area contributed by atoms with Crippen molar-refractivity contribution in [2.45, 2.75) is 6.92 Å². The number of halogens is 1. The molecule has 10 heavy (non-hydrogen) atoms. The van der Waals surface area contributed by atoms with E-state index in [1.54, 1.807) is 11.5 Å². The van der Waals surface area contributed by atoms with Crippen LogP contribution < -0.4 is 0 Å². The van der Waals surface area contributed by atoms with Gasteiger partial charge in [0.15, 0.2) is 0 Å². The van der Waals surface area contributed by atoms with Crippen molar-refractivity contribution in [2.24, 2.45) is 0 Å². The van der Waals surface area contributed by atoms with Crippen LogP contribution in [-0.4, -0.2) is 4.37 Å². The molecule has 0 aromatic carbocycles. The first-order valence-electron chi connectivity index (χ1n) is 2.92. The molecule has 0 radical (unpaired) electrons. The van der Waals surface area contributed by atoms with Crippen molar-refractivity contribution >= 4 is 23.1 Å². The fourth-order valence-corrected chi connectivity index (χ4v) is 1.40. The van der Waals surface area contributed by atoms with Crippen LogP contribution in [0.2, 0.25) is 5.02 Å². The summed E-state index contributed by atoms with van der Waals surface area (Å²) in [5.74, 6) is 0. The lowest BCUT2D eigenvalue weighted by Crippen LogP contribution is -1.64. The molecule has 0 bridgehead atoms. The minimum Gasteiger partial charge on any atom is -0.318 e. The van der Waals surface area contributed by atoms with Crippen LogP contribution in [0.3, 0.4) is 0 Å². The molecule has 1 nitrogen and oxygen atoms in total. The van der Waals surface area contributed by atoms with Gasteiger partial charge in [-0.25, -0.2) is 0 Å². The predicted octanol–water partition coefficient (Wildman–Crippen LogP) is 3.16. The first-order chi connectivity index (χ1) is 4.79. The Balaban J connectivity index is 3.19. The van der Waals surface area contributed by atoms with E-state index in [9.17, 15) is 0 Å². The molecule has 0 fully saturated rings. The average Bonchev–Trinajstić information content (AvgIpc) is 1.83. The van der Waals surface area contributed by atoms with E-state index >= 15 is 0 Å². The zero-order valence-corrected chi connectivity index (χ0v) is 7.17. The van der Waals surface area contributed by atoms with Crippen LogP contribution in [0.5, 0.6) is 0 Å². The largest absolute Gasteiger partial charge is 0.318 e. The summed E-state index contributed by atoms with van der Waals surface area (Å²) < 4.78 is 3.02. The number of aryl methyl sites for hydroxylation is 1. The van der Waals surface area contributed by atoms with Gasteiger partial charge in [0, 0.05) is 16.1 Å². The van der Waals surface area contributed by atoms with E-state index in [0.717, 1.165) is 9.90 Å². The summed E-state index contributed by atoms with van der Waals surface area (Å²) in [6.07, 6.45) is 1.85. The Morgan fingerprint density at radius 3 is 3.20 bits per heavy atom. The maximum Gasteiger partial charge on any atom is 0.0417 e. The standard InChI is InChI=1S/C7H8ClNS/c1-6-5-7(8)3-2-4-9-10-6/h2-5,9H,1H3. The zero-order valence-electron chi connectivity index (χ0n) is 5.60. The second-order valence-electron chi connectivity index (χ2n) is 1.89. The second-order valence-corrected chi connectivity index (χ2v) is 3.41. The van der Waals surface area contributed by atoms with Crippen LogP contribution in [0.4, 0.5) is 0 Å². The molecule has 1 aromatic heterocycles. The first-order valence-corrected chi connectivity index (χ1v) is 4.11. The summed E-state index contributed by atoms with van der Waals surface area (Å²) in [7, 11) is 0. The number of H-pyrrole nitrogens is 1. The third kappa shape index (κ3) is 2.42. The highest BCUT2D eigenvalue weighted by molar-refractivity contribution is 7.05. The third-order valence-electron chi connectivity index (χ3n) is 0.981. The Labute approximate surface area is 69.1 Å². The Bertz CT molecular complexity index is 228. The number of aromatic amines is 1. The van der Waals surface area contributed by atoms with Crippen LogP contribution in [0.1, 0.15) is 4.88 Å². The van der Waals surface area contributed by atoms with Gasteiger partial charge in [-0.15, -0.1) is 0 Å². The van der Waals surface area contributed by atoms with E-state index in [1.165, 1.54) is 0 Å². The molecule has 0 saturated heterocycles. The molecule has 0 aliphatic carbocycles. The van der Waals surface area contributed by atoms with E-state index in [1.807, 2.05) is 31.3 Å². The average molecular weight is 174 g/mol. The van der Waals surface area contributed by atoms with Gasteiger partial charge in [-0.1, -0.05) is 23.1 Å². The van der Waals surface area contributed by atoms with Gasteiger partial charge in [-0.2, -0.15) is 0 Å². The maximum atomic E-state index is 5.78. The predicted molar refractivity (Wildman–Crippen MR) is 46.0 cm³/mol. The Morgan fingerprint density at radius 1 is 1.60 bits per heavy atom. The molecule has 0 aliphatic rings. The molecule has 0 unspecified atom stereocenters. The van der Waals surface area contributed by atoms with Crippen molar-refractivity contribution < 1.29 is 0 Å². The number of nitrogens with one attached hydrogen (secondary N) is 1. The third-order valence-corrected chi connectivity index (χ3v) is 1.91. The van der Waals surface area contributed by atoms with E-state index in [4.69, 9.17) is 11.6 Å². The molecule has 1 aromatic rings. The molecule has 0 saturated carbocycles. The SMILES string of the molecule is Cc1cc(Cl)ccc[nH]s1. The van der Waals surface area contributed by atoms with Crippen molar-refractivity contribution in [3.63, 3.8) is 0 Å². The molecular weight excluding hydrogens is 166 g/mol. The van der Waals surface area contributed by atoms with Crippen molar-refractivity contribution in [1.29, 1.82) is 0 Å². The fraction of sp³-hybridized carbons (Fsp3) is 0.143. The smallest absolute Gasteiger partial charge is 0.0417 e. The highest BCUT2D eigenvalue weighted by Crippen LogP contribution is 2.08. The van der Waals surface area contributed by atoms with Crippen LogP contribution in [-0.2, 0) is 0 Å². The summed E-state index contributed by atoms with van der Waals surface area (Å²) in [4.78, 5) is 1.16. The quantitative estimate of drug-likeness (QED) is 0.621. The number of hydrogen-bond donors (Lipinski definition) is 1. The molecule has 1 N–H and O–H groups in total. The normalized spacial score (nSPS) is 9.00. The minimum atomic E-state index is 0.766. The van der Waals surface area contributed by atoms with Crippen molar-refractivity contribution in [3.05, 3.63) is 34.3 Å². The van der Waals surface area contributed by atoms with Crippen LogP contribution in [0.15, 0.2) is 24.4 Å². The summed E-state index contributed by atoms with van der Waals surface area (Å²) >= 11 is 7.34. The Kier molecular flexibility index (Phi) is 2.78. The summed E-state index contributed by atoms with van der Waals surface area (Å²) in [5, 5.41) is 0.766. The Morgan fingerprint density at radius 2 is 2.40 bits per heavy atom. The van der Waals surface area contributed by atoms with E-state index in [0.29, 0.717) is 0 Å². The van der Waals surface area contributed by atoms with E-state index in [-0.39, 0.29) is 0 Å². The topological polar surface area (TPSA) is 15.8 Å². The van der Waals surface area contributed by atoms with Gasteiger partial charge in [-0.05, 0) is 25.1 Å². The zero-order chi connectivity index (χ0) is 7.40. The number of rotatable bonds is 0. The molecular formula is C7H8ClNS. The second kappa shape index (κ2) is 3.64. The lowest BCUT2D eigenvalue weighted by atomic mass is 10.4. The molecule has 0 aliphatic heterocycles. The molecule has 1 heterocycles. The van der Waals surface area contributed by atoms with E-state index < -0.39 is 0 Å². The molecule has 54 valence electrons. The Hall–Kier alpha value is -0.470. The van der Waals surface area contributed by atoms with Gasteiger partial charge in [0.05, 0.1) is 0 Å². The minimum absolute atomic E-state index is 0.766. The first kappa shape index (κ1) is 7.63. The maximum absolute atomic E-state index is 5.78. The van der Waals surface area contributed by atoms with Gasteiger partial charge in [-0.3, -0.25) is 0 Å². The summed E-state index contributed by atoms with van der Waals surface area (Å²) in [6.45, 7) is 2.01. The van der Waals surface area contributed by atoms with Gasteiger partial charge in [0.2, 0.25) is 0 Å². The summed E-state index contributed by atoms with van der Waals surface area (Å²) in [5.41, 5.74) is 0. The lowest BCUT2D eigenvalue weighted by molar-refractivity contribution is 1.50. The van der Waals surface area contributed by atoms with Gasteiger partial charge in [0.25, 0.3) is 0 Å². The highest BCUT2D eigenvalue weighted by Gasteiger charge is 1.81. The van der Waals surface area contributed by atoms with Gasteiger partial charge >= 0.3 is 0 Å². The molecule has 0 atom stereocenters. The number of aromatic nitrogens is 1. The van der Waals surface area contributed by atoms with Crippen molar-refractivity contribution in [1.82, 2.24) is 4.37 Å². The molecule has 0 spiro atoms. The van der Waals surface area contributed by atoms with Crippen LogP contribution in [0.25, 0.3) is 0 Å². The summed E-state index contributed by atoms with van der Waals surface area (Å²) in [6, 6.07) is 5.64. The van der Waals surface area contributed by atoms with Crippen LogP contribution >= 0.6 is 23.1 Å².